The number of benzene rings is 2. The van der Waals surface area contributed by atoms with Gasteiger partial charge >= 0.3 is 0 Å². The van der Waals surface area contributed by atoms with Crippen LogP contribution in [0.5, 0.6) is 5.75 Å². The van der Waals surface area contributed by atoms with Crippen LogP contribution in [-0.4, -0.2) is 12.0 Å². The SMILES string of the molecule is CCC(Oc1ccc2c(c1)CCCC2)C(=O)Nc1cc(Cl)ccc1Cl. The summed E-state index contributed by atoms with van der Waals surface area (Å²) in [6.45, 7) is 1.92. The van der Waals surface area contributed by atoms with Gasteiger partial charge in [-0.3, -0.25) is 4.79 Å². The molecule has 25 heavy (non-hydrogen) atoms. The van der Waals surface area contributed by atoms with Crippen molar-refractivity contribution in [2.45, 2.75) is 45.1 Å². The normalized spacial score (nSPS) is 14.5. The number of halogens is 2. The van der Waals surface area contributed by atoms with E-state index in [1.54, 1.807) is 18.2 Å². The average Bonchev–Trinajstić information content (AvgIpc) is 2.62. The second kappa shape index (κ2) is 8.11. The fourth-order valence-corrected chi connectivity index (χ4v) is 3.41. The summed E-state index contributed by atoms with van der Waals surface area (Å²) in [5, 5.41) is 3.77. The Hall–Kier alpha value is -1.71. The van der Waals surface area contributed by atoms with Crippen molar-refractivity contribution in [2.24, 2.45) is 0 Å². The Morgan fingerprint density at radius 1 is 1.12 bits per heavy atom. The minimum absolute atomic E-state index is 0.232. The monoisotopic (exact) mass is 377 g/mol. The molecule has 1 atom stereocenters. The zero-order chi connectivity index (χ0) is 17.8. The lowest BCUT2D eigenvalue weighted by molar-refractivity contribution is -0.122. The predicted octanol–water partition coefficient (Wildman–Crippen LogP) is 5.67. The second-order valence-electron chi connectivity index (χ2n) is 6.27. The van der Waals surface area contributed by atoms with Gasteiger partial charge in [-0.2, -0.15) is 0 Å². The number of anilines is 1. The van der Waals surface area contributed by atoms with Crippen LogP contribution >= 0.6 is 23.2 Å². The number of ether oxygens (including phenoxy) is 1. The highest BCUT2D eigenvalue weighted by Crippen LogP contribution is 2.28. The standard InChI is InChI=1S/C20H21Cl2NO2/c1-2-19(20(24)23-18-12-15(21)8-10-17(18)22)25-16-9-7-13-5-3-4-6-14(13)11-16/h7-12,19H,2-6H2,1H3,(H,23,24). The van der Waals surface area contributed by atoms with Gasteiger partial charge in [-0.05, 0) is 73.6 Å². The van der Waals surface area contributed by atoms with Gasteiger partial charge in [0.1, 0.15) is 5.75 Å². The first kappa shape index (κ1) is 18.1. The highest BCUT2D eigenvalue weighted by Gasteiger charge is 2.20. The van der Waals surface area contributed by atoms with Crippen molar-refractivity contribution in [3.8, 4) is 5.75 Å². The maximum absolute atomic E-state index is 12.6. The van der Waals surface area contributed by atoms with Gasteiger partial charge in [0, 0.05) is 5.02 Å². The molecule has 0 fully saturated rings. The van der Waals surface area contributed by atoms with E-state index in [0.29, 0.717) is 22.2 Å². The summed E-state index contributed by atoms with van der Waals surface area (Å²) < 4.78 is 5.95. The van der Waals surface area contributed by atoms with Gasteiger partial charge in [-0.1, -0.05) is 36.2 Å². The van der Waals surface area contributed by atoms with Crippen LogP contribution in [-0.2, 0) is 17.6 Å². The molecule has 132 valence electrons. The Labute approximate surface area is 158 Å². The van der Waals surface area contributed by atoms with Crippen molar-refractivity contribution >= 4 is 34.8 Å². The molecule has 0 saturated carbocycles. The molecule has 0 bridgehead atoms. The van der Waals surface area contributed by atoms with Gasteiger partial charge in [0.2, 0.25) is 0 Å². The van der Waals surface area contributed by atoms with Gasteiger partial charge in [-0.25, -0.2) is 0 Å². The summed E-state index contributed by atoms with van der Waals surface area (Å²) in [4.78, 5) is 12.6. The molecule has 0 radical (unpaired) electrons. The molecule has 3 nitrogen and oxygen atoms in total. The Morgan fingerprint density at radius 2 is 1.88 bits per heavy atom. The topological polar surface area (TPSA) is 38.3 Å². The molecule has 1 N–H and O–H groups in total. The quantitative estimate of drug-likeness (QED) is 0.728. The van der Waals surface area contributed by atoms with Gasteiger partial charge in [-0.15, -0.1) is 0 Å². The fourth-order valence-electron chi connectivity index (χ4n) is 3.08. The van der Waals surface area contributed by atoms with E-state index in [0.717, 1.165) is 18.6 Å². The number of nitrogens with one attached hydrogen (secondary N) is 1. The van der Waals surface area contributed by atoms with E-state index in [4.69, 9.17) is 27.9 Å². The van der Waals surface area contributed by atoms with Crippen molar-refractivity contribution in [2.75, 3.05) is 5.32 Å². The molecule has 2 aromatic carbocycles. The first-order valence-corrected chi connectivity index (χ1v) is 9.37. The number of hydrogen-bond acceptors (Lipinski definition) is 2. The third-order valence-electron chi connectivity index (χ3n) is 4.45. The molecule has 5 heteroatoms. The van der Waals surface area contributed by atoms with E-state index in [9.17, 15) is 4.79 Å². The van der Waals surface area contributed by atoms with E-state index < -0.39 is 6.10 Å². The molecule has 0 aliphatic heterocycles. The van der Waals surface area contributed by atoms with Gasteiger partial charge < -0.3 is 10.1 Å². The lowest BCUT2D eigenvalue weighted by Gasteiger charge is -2.20. The third kappa shape index (κ3) is 4.47. The van der Waals surface area contributed by atoms with Gasteiger partial charge in [0.25, 0.3) is 5.91 Å². The van der Waals surface area contributed by atoms with Crippen LogP contribution in [0.1, 0.15) is 37.3 Å². The largest absolute Gasteiger partial charge is 0.481 e. The molecule has 0 heterocycles. The van der Waals surface area contributed by atoms with Crippen LogP contribution in [0, 0.1) is 0 Å². The second-order valence-corrected chi connectivity index (χ2v) is 7.11. The Bertz CT molecular complexity index is 776. The van der Waals surface area contributed by atoms with Crippen molar-refractivity contribution < 1.29 is 9.53 Å². The molecule has 1 amide bonds. The Kier molecular flexibility index (Phi) is 5.87. The number of fused-ring (bicyclic) bond motifs is 1. The van der Waals surface area contributed by atoms with Crippen molar-refractivity contribution in [3.05, 3.63) is 57.6 Å². The highest BCUT2D eigenvalue weighted by atomic mass is 35.5. The first-order chi connectivity index (χ1) is 12.1. The molecule has 3 rings (SSSR count). The van der Waals surface area contributed by atoms with E-state index in [1.807, 2.05) is 13.0 Å². The maximum atomic E-state index is 12.6. The zero-order valence-electron chi connectivity index (χ0n) is 14.1. The fraction of sp³-hybridized carbons (Fsp3) is 0.350. The van der Waals surface area contributed by atoms with Crippen LogP contribution in [0.25, 0.3) is 0 Å². The smallest absolute Gasteiger partial charge is 0.265 e. The highest BCUT2D eigenvalue weighted by molar-refractivity contribution is 6.35. The molecule has 1 aliphatic rings. The molecule has 2 aromatic rings. The summed E-state index contributed by atoms with van der Waals surface area (Å²) in [7, 11) is 0. The number of aryl methyl sites for hydroxylation is 2. The van der Waals surface area contributed by atoms with E-state index in [1.165, 1.54) is 24.0 Å². The van der Waals surface area contributed by atoms with Crippen molar-refractivity contribution in [1.29, 1.82) is 0 Å². The van der Waals surface area contributed by atoms with E-state index in [2.05, 4.69) is 17.4 Å². The lowest BCUT2D eigenvalue weighted by Crippen LogP contribution is -2.32. The molecule has 1 unspecified atom stereocenters. The first-order valence-electron chi connectivity index (χ1n) is 8.61. The van der Waals surface area contributed by atoms with E-state index in [-0.39, 0.29) is 5.91 Å². The van der Waals surface area contributed by atoms with Gasteiger partial charge in [0.15, 0.2) is 6.10 Å². The van der Waals surface area contributed by atoms with Crippen molar-refractivity contribution in [3.63, 3.8) is 0 Å². The minimum atomic E-state index is -0.586. The number of hydrogen-bond donors (Lipinski definition) is 1. The number of carbonyl (C=O) groups excluding carboxylic acids is 1. The third-order valence-corrected chi connectivity index (χ3v) is 5.01. The number of carbonyl (C=O) groups is 1. The molecule has 0 spiro atoms. The van der Waals surface area contributed by atoms with E-state index >= 15 is 0 Å². The molecule has 0 saturated heterocycles. The summed E-state index contributed by atoms with van der Waals surface area (Å²) in [5.74, 6) is 0.504. The summed E-state index contributed by atoms with van der Waals surface area (Å²) >= 11 is 12.1. The number of rotatable bonds is 5. The van der Waals surface area contributed by atoms with Crippen LogP contribution in [0.15, 0.2) is 36.4 Å². The summed E-state index contributed by atoms with van der Waals surface area (Å²) in [5.41, 5.74) is 3.21. The molecule has 0 aromatic heterocycles. The molecule has 1 aliphatic carbocycles. The lowest BCUT2D eigenvalue weighted by atomic mass is 9.92. The Morgan fingerprint density at radius 3 is 2.64 bits per heavy atom. The average molecular weight is 378 g/mol. The van der Waals surface area contributed by atoms with Crippen molar-refractivity contribution in [1.82, 2.24) is 0 Å². The van der Waals surface area contributed by atoms with Gasteiger partial charge in [0.05, 0.1) is 10.7 Å². The maximum Gasteiger partial charge on any atom is 0.265 e. The summed E-state index contributed by atoms with van der Waals surface area (Å²) in [6, 6.07) is 11.1. The molecular weight excluding hydrogens is 357 g/mol. The molecular formula is C20H21Cl2NO2. The number of amides is 1. The van der Waals surface area contributed by atoms with Crippen LogP contribution in [0.3, 0.4) is 0 Å². The Balaban J connectivity index is 1.71. The predicted molar refractivity (Wildman–Crippen MR) is 103 cm³/mol. The zero-order valence-corrected chi connectivity index (χ0v) is 15.7. The summed E-state index contributed by atoms with van der Waals surface area (Å²) in [6.07, 6.45) is 4.63. The van der Waals surface area contributed by atoms with Crippen LogP contribution in [0.4, 0.5) is 5.69 Å². The van der Waals surface area contributed by atoms with Crippen LogP contribution in [0.2, 0.25) is 10.0 Å². The van der Waals surface area contributed by atoms with Crippen LogP contribution < -0.4 is 10.1 Å². The minimum Gasteiger partial charge on any atom is -0.481 e.